The van der Waals surface area contributed by atoms with Crippen molar-refractivity contribution in [3.8, 4) is 10.6 Å². The summed E-state index contributed by atoms with van der Waals surface area (Å²) in [6, 6.07) is 12.0. The third kappa shape index (κ3) is 3.65. The Hall–Kier alpha value is -2.60. The zero-order chi connectivity index (χ0) is 17.1. The Morgan fingerprint density at radius 2 is 1.88 bits per heavy atom. The van der Waals surface area contributed by atoms with E-state index in [9.17, 15) is 13.6 Å². The van der Waals surface area contributed by atoms with E-state index in [4.69, 9.17) is 0 Å². The van der Waals surface area contributed by atoms with E-state index in [2.05, 4.69) is 10.3 Å². The van der Waals surface area contributed by atoms with Crippen molar-refractivity contribution in [2.75, 3.05) is 0 Å². The maximum Gasteiger partial charge on any atom is 0.263 e. The van der Waals surface area contributed by atoms with E-state index in [1.54, 1.807) is 31.2 Å². The molecule has 0 aliphatic rings. The highest BCUT2D eigenvalue weighted by atomic mass is 32.1. The summed E-state index contributed by atoms with van der Waals surface area (Å²) in [5.41, 5.74) is 2.05. The van der Waals surface area contributed by atoms with Crippen LogP contribution in [0.2, 0.25) is 0 Å². The molecule has 2 aromatic carbocycles. The third-order valence-corrected chi connectivity index (χ3v) is 4.64. The minimum absolute atomic E-state index is 0.236. The molecule has 0 fully saturated rings. The number of carbonyl (C=O) groups excluding carboxylic acids is 1. The van der Waals surface area contributed by atoms with Gasteiger partial charge >= 0.3 is 0 Å². The van der Waals surface area contributed by atoms with E-state index in [0.717, 1.165) is 5.56 Å². The SMILES string of the molecule is Cc1nc(-c2ccc(F)cc2)sc1C(=O)NCc1cccc(F)c1. The number of nitrogens with zero attached hydrogens (tertiary/aromatic N) is 1. The number of halogens is 2. The van der Waals surface area contributed by atoms with E-state index in [1.807, 2.05) is 0 Å². The molecule has 1 heterocycles. The molecular formula is C18H14F2N2OS. The number of thiazole rings is 1. The smallest absolute Gasteiger partial charge is 0.263 e. The monoisotopic (exact) mass is 344 g/mol. The van der Waals surface area contributed by atoms with Crippen LogP contribution in [0, 0.1) is 18.6 Å². The van der Waals surface area contributed by atoms with Gasteiger partial charge in [-0.25, -0.2) is 13.8 Å². The van der Waals surface area contributed by atoms with Crippen molar-refractivity contribution >= 4 is 17.2 Å². The Balaban J connectivity index is 1.74. The molecule has 1 amide bonds. The van der Waals surface area contributed by atoms with E-state index in [0.29, 0.717) is 21.1 Å². The lowest BCUT2D eigenvalue weighted by Crippen LogP contribution is -2.22. The Bertz CT molecular complexity index is 875. The van der Waals surface area contributed by atoms with Crippen molar-refractivity contribution in [1.82, 2.24) is 10.3 Å². The number of rotatable bonds is 4. The molecule has 1 aromatic heterocycles. The Morgan fingerprint density at radius 3 is 2.58 bits per heavy atom. The summed E-state index contributed by atoms with van der Waals surface area (Å²) in [4.78, 5) is 17.2. The molecule has 0 aliphatic heterocycles. The lowest BCUT2D eigenvalue weighted by atomic mass is 10.2. The summed E-state index contributed by atoms with van der Waals surface area (Å²) in [7, 11) is 0. The summed E-state index contributed by atoms with van der Waals surface area (Å²) < 4.78 is 26.1. The van der Waals surface area contributed by atoms with Gasteiger partial charge in [-0.3, -0.25) is 4.79 Å². The van der Waals surface area contributed by atoms with Crippen LogP contribution in [0.1, 0.15) is 20.9 Å². The average Bonchev–Trinajstić information content (AvgIpc) is 2.95. The predicted octanol–water partition coefficient (Wildman–Crippen LogP) is 4.33. The molecule has 122 valence electrons. The van der Waals surface area contributed by atoms with Crippen LogP contribution in [-0.4, -0.2) is 10.9 Å². The Labute approximate surface area is 142 Å². The van der Waals surface area contributed by atoms with Gasteiger partial charge in [-0.15, -0.1) is 11.3 Å². The predicted molar refractivity (Wildman–Crippen MR) is 89.8 cm³/mol. The second-order valence-electron chi connectivity index (χ2n) is 5.25. The zero-order valence-corrected chi connectivity index (χ0v) is 13.7. The van der Waals surface area contributed by atoms with Crippen LogP contribution in [-0.2, 0) is 6.54 Å². The Kier molecular flexibility index (Phi) is 4.66. The molecule has 0 atom stereocenters. The number of amides is 1. The lowest BCUT2D eigenvalue weighted by molar-refractivity contribution is 0.0954. The van der Waals surface area contributed by atoms with Gasteiger partial charge in [0.2, 0.25) is 0 Å². The third-order valence-electron chi connectivity index (χ3n) is 3.44. The maximum absolute atomic E-state index is 13.2. The summed E-state index contributed by atoms with van der Waals surface area (Å²) in [5.74, 6) is -0.919. The number of carbonyl (C=O) groups is 1. The lowest BCUT2D eigenvalue weighted by Gasteiger charge is -2.04. The van der Waals surface area contributed by atoms with Gasteiger partial charge in [-0.05, 0) is 48.9 Å². The van der Waals surface area contributed by atoms with E-state index in [1.165, 1.54) is 35.6 Å². The van der Waals surface area contributed by atoms with Gasteiger partial charge in [-0.1, -0.05) is 12.1 Å². The molecule has 0 aliphatic carbocycles. The van der Waals surface area contributed by atoms with Gasteiger partial charge in [0, 0.05) is 12.1 Å². The highest BCUT2D eigenvalue weighted by Gasteiger charge is 2.16. The highest BCUT2D eigenvalue weighted by molar-refractivity contribution is 7.17. The first-order chi connectivity index (χ1) is 11.5. The van der Waals surface area contributed by atoms with Crippen molar-refractivity contribution in [2.24, 2.45) is 0 Å². The van der Waals surface area contributed by atoms with E-state index in [-0.39, 0.29) is 24.1 Å². The molecule has 6 heteroatoms. The normalized spacial score (nSPS) is 10.6. The molecule has 1 N–H and O–H groups in total. The van der Waals surface area contributed by atoms with Crippen molar-refractivity contribution < 1.29 is 13.6 Å². The molecule has 24 heavy (non-hydrogen) atoms. The van der Waals surface area contributed by atoms with Crippen LogP contribution < -0.4 is 5.32 Å². The van der Waals surface area contributed by atoms with Gasteiger partial charge in [-0.2, -0.15) is 0 Å². The molecule has 3 aromatic rings. The zero-order valence-electron chi connectivity index (χ0n) is 12.8. The maximum atomic E-state index is 13.2. The number of hydrogen-bond acceptors (Lipinski definition) is 3. The van der Waals surface area contributed by atoms with Crippen LogP contribution in [0.3, 0.4) is 0 Å². The first-order valence-electron chi connectivity index (χ1n) is 7.29. The molecule has 0 unspecified atom stereocenters. The molecular weight excluding hydrogens is 330 g/mol. The number of aromatic nitrogens is 1. The van der Waals surface area contributed by atoms with E-state index < -0.39 is 0 Å². The highest BCUT2D eigenvalue weighted by Crippen LogP contribution is 2.28. The first-order valence-corrected chi connectivity index (χ1v) is 8.10. The Morgan fingerprint density at radius 1 is 1.12 bits per heavy atom. The molecule has 3 nitrogen and oxygen atoms in total. The summed E-state index contributed by atoms with van der Waals surface area (Å²) >= 11 is 1.25. The standard InChI is InChI=1S/C18H14F2N2OS/c1-11-16(17(23)21-10-12-3-2-4-15(20)9-12)24-18(22-11)13-5-7-14(19)8-6-13/h2-9H,10H2,1H3,(H,21,23). The molecule has 3 rings (SSSR count). The number of aryl methyl sites for hydroxylation is 1. The topological polar surface area (TPSA) is 42.0 Å². The van der Waals surface area contributed by atoms with Crippen LogP contribution in [0.25, 0.3) is 10.6 Å². The fraction of sp³-hybridized carbons (Fsp3) is 0.111. The molecule has 0 bridgehead atoms. The number of hydrogen-bond donors (Lipinski definition) is 1. The summed E-state index contributed by atoms with van der Waals surface area (Å²) in [6.45, 7) is 1.99. The summed E-state index contributed by atoms with van der Waals surface area (Å²) in [6.07, 6.45) is 0. The minimum Gasteiger partial charge on any atom is -0.347 e. The number of nitrogens with one attached hydrogen (secondary N) is 1. The average molecular weight is 344 g/mol. The van der Waals surface area contributed by atoms with Crippen LogP contribution >= 0.6 is 11.3 Å². The number of benzene rings is 2. The van der Waals surface area contributed by atoms with Gasteiger partial charge in [0.1, 0.15) is 21.5 Å². The second-order valence-corrected chi connectivity index (χ2v) is 6.25. The van der Waals surface area contributed by atoms with Gasteiger partial charge in [0.15, 0.2) is 0 Å². The molecule has 0 saturated carbocycles. The largest absolute Gasteiger partial charge is 0.347 e. The fourth-order valence-corrected chi connectivity index (χ4v) is 3.22. The van der Waals surface area contributed by atoms with Crippen molar-refractivity contribution in [2.45, 2.75) is 13.5 Å². The minimum atomic E-state index is -0.339. The van der Waals surface area contributed by atoms with Crippen LogP contribution in [0.4, 0.5) is 8.78 Å². The molecule has 0 saturated heterocycles. The van der Waals surface area contributed by atoms with Crippen LogP contribution in [0.15, 0.2) is 48.5 Å². The fourth-order valence-electron chi connectivity index (χ4n) is 2.23. The molecule has 0 radical (unpaired) electrons. The van der Waals surface area contributed by atoms with Crippen molar-refractivity contribution in [1.29, 1.82) is 0 Å². The second kappa shape index (κ2) is 6.88. The summed E-state index contributed by atoms with van der Waals surface area (Å²) in [5, 5.41) is 3.42. The quantitative estimate of drug-likeness (QED) is 0.765. The van der Waals surface area contributed by atoms with E-state index >= 15 is 0 Å². The molecule has 0 spiro atoms. The van der Waals surface area contributed by atoms with Crippen molar-refractivity contribution in [3.63, 3.8) is 0 Å². The van der Waals surface area contributed by atoms with Gasteiger partial charge in [0.05, 0.1) is 5.69 Å². The first kappa shape index (κ1) is 16.3. The van der Waals surface area contributed by atoms with Crippen molar-refractivity contribution in [3.05, 3.63) is 76.3 Å². The van der Waals surface area contributed by atoms with Gasteiger partial charge < -0.3 is 5.32 Å². The van der Waals surface area contributed by atoms with Crippen LogP contribution in [0.5, 0.6) is 0 Å². The van der Waals surface area contributed by atoms with Gasteiger partial charge in [0.25, 0.3) is 5.91 Å².